The Labute approximate surface area is 180 Å². The molecule has 0 aromatic heterocycles. The number of hydrogen-bond acceptors (Lipinski definition) is 4. The van der Waals surface area contributed by atoms with Crippen LogP contribution in [0.1, 0.15) is 90.9 Å². The minimum atomic E-state index is -0.431. The van der Waals surface area contributed by atoms with Crippen molar-refractivity contribution in [1.82, 2.24) is 0 Å². The number of carbonyl (C=O) groups excluding carboxylic acids is 2. The van der Waals surface area contributed by atoms with Crippen molar-refractivity contribution in [2.75, 3.05) is 0 Å². The fraction of sp³-hybridized carbons (Fsp3) is 0.923. The van der Waals surface area contributed by atoms with Gasteiger partial charge in [-0.1, -0.05) is 13.8 Å². The molecule has 0 aromatic carbocycles. The summed E-state index contributed by atoms with van der Waals surface area (Å²) in [5.41, 5.74) is -0.465. The van der Waals surface area contributed by atoms with Crippen molar-refractivity contribution in [3.05, 3.63) is 0 Å². The van der Waals surface area contributed by atoms with Crippen molar-refractivity contribution < 1.29 is 19.1 Å². The third-order valence-electron chi connectivity index (χ3n) is 10.1. The summed E-state index contributed by atoms with van der Waals surface area (Å²) in [6.07, 6.45) is 14.3. The maximum absolute atomic E-state index is 13.1. The van der Waals surface area contributed by atoms with Gasteiger partial charge in [-0.2, -0.15) is 0 Å². The second-order valence-electron chi connectivity index (χ2n) is 12.6. The van der Waals surface area contributed by atoms with Crippen LogP contribution in [0.15, 0.2) is 0 Å². The first-order chi connectivity index (χ1) is 14.3. The second-order valence-corrected chi connectivity index (χ2v) is 12.6. The first-order valence-corrected chi connectivity index (χ1v) is 12.8. The average Bonchev–Trinajstić information content (AvgIpc) is 2.63. The van der Waals surface area contributed by atoms with Gasteiger partial charge in [0.2, 0.25) is 0 Å². The van der Waals surface area contributed by atoms with Crippen LogP contribution in [0.2, 0.25) is 0 Å². The van der Waals surface area contributed by atoms with E-state index in [4.69, 9.17) is 9.47 Å². The van der Waals surface area contributed by atoms with Gasteiger partial charge in [-0.05, 0) is 113 Å². The van der Waals surface area contributed by atoms with Crippen LogP contribution in [-0.4, -0.2) is 23.1 Å². The molecule has 2 unspecified atom stereocenters. The molecule has 0 radical (unpaired) electrons. The Kier molecular flexibility index (Phi) is 4.39. The van der Waals surface area contributed by atoms with Gasteiger partial charge in [-0.3, -0.25) is 9.59 Å². The molecule has 0 aliphatic heterocycles. The lowest BCUT2D eigenvalue weighted by Crippen LogP contribution is -2.54. The number of ether oxygens (including phenoxy) is 2. The van der Waals surface area contributed by atoms with Crippen molar-refractivity contribution in [3.63, 3.8) is 0 Å². The molecule has 8 fully saturated rings. The summed E-state index contributed by atoms with van der Waals surface area (Å²) >= 11 is 0. The molecule has 4 heteroatoms. The Morgan fingerprint density at radius 3 is 1.03 bits per heavy atom. The van der Waals surface area contributed by atoms with Crippen LogP contribution < -0.4 is 0 Å². The van der Waals surface area contributed by atoms with Gasteiger partial charge in [0.25, 0.3) is 0 Å². The number of esters is 2. The largest absolute Gasteiger partial charge is 0.459 e. The molecule has 8 aliphatic carbocycles. The average molecular weight is 415 g/mol. The molecule has 0 heterocycles. The molecule has 166 valence electrons. The Balaban J connectivity index is 1.09. The van der Waals surface area contributed by atoms with Crippen LogP contribution in [-0.2, 0) is 19.1 Å². The predicted octanol–water partition coefficient (Wildman–Crippen LogP) is 5.28. The number of carbonyl (C=O) groups is 2. The summed E-state index contributed by atoms with van der Waals surface area (Å²) in [7, 11) is 0. The van der Waals surface area contributed by atoms with E-state index in [9.17, 15) is 9.59 Å². The van der Waals surface area contributed by atoms with Crippen LogP contribution in [0.5, 0.6) is 0 Å². The van der Waals surface area contributed by atoms with Gasteiger partial charge in [0.1, 0.15) is 11.2 Å². The topological polar surface area (TPSA) is 52.6 Å². The summed E-state index contributed by atoms with van der Waals surface area (Å²) in [6, 6.07) is 0. The molecule has 8 rings (SSSR count). The van der Waals surface area contributed by atoms with Gasteiger partial charge in [0, 0.05) is 0 Å². The lowest BCUT2D eigenvalue weighted by atomic mass is 9.54. The fourth-order valence-electron chi connectivity index (χ4n) is 9.33. The zero-order chi connectivity index (χ0) is 20.7. The molecule has 0 aromatic rings. The lowest BCUT2D eigenvalue weighted by Gasteiger charge is -2.56. The zero-order valence-electron chi connectivity index (χ0n) is 18.7. The second kappa shape index (κ2) is 6.72. The summed E-state index contributed by atoms with van der Waals surface area (Å²) in [6.45, 7) is 3.74. The van der Waals surface area contributed by atoms with Crippen LogP contribution in [0, 0.1) is 47.3 Å². The highest BCUT2D eigenvalue weighted by atomic mass is 16.6. The van der Waals surface area contributed by atoms with Gasteiger partial charge < -0.3 is 9.47 Å². The Bertz CT molecular complexity index is 607. The van der Waals surface area contributed by atoms with Gasteiger partial charge >= 0.3 is 11.9 Å². The molecule has 30 heavy (non-hydrogen) atoms. The molecule has 8 aliphatic rings. The highest BCUT2D eigenvalue weighted by Gasteiger charge is 2.55. The van der Waals surface area contributed by atoms with Gasteiger partial charge in [0.15, 0.2) is 0 Å². The molecular weight excluding hydrogens is 376 g/mol. The number of rotatable bonds is 5. The summed E-state index contributed by atoms with van der Waals surface area (Å²) in [5, 5.41) is 0. The van der Waals surface area contributed by atoms with E-state index in [1.807, 2.05) is 13.8 Å². The lowest BCUT2D eigenvalue weighted by molar-refractivity contribution is -0.201. The fourth-order valence-corrected chi connectivity index (χ4v) is 9.33. The van der Waals surface area contributed by atoms with E-state index in [-0.39, 0.29) is 23.1 Å². The van der Waals surface area contributed by atoms with Gasteiger partial charge in [-0.25, -0.2) is 0 Å². The maximum atomic E-state index is 13.1. The monoisotopic (exact) mass is 414 g/mol. The van der Waals surface area contributed by atoms with E-state index >= 15 is 0 Å². The van der Waals surface area contributed by atoms with E-state index < -0.39 is 11.8 Å². The molecule has 8 bridgehead atoms. The third kappa shape index (κ3) is 3.23. The Hall–Kier alpha value is -1.06. The molecule has 4 nitrogen and oxygen atoms in total. The van der Waals surface area contributed by atoms with E-state index in [1.165, 1.54) is 38.5 Å². The Morgan fingerprint density at radius 1 is 0.567 bits per heavy atom. The van der Waals surface area contributed by atoms with Crippen molar-refractivity contribution in [3.8, 4) is 0 Å². The van der Waals surface area contributed by atoms with E-state index in [2.05, 4.69) is 0 Å². The van der Waals surface area contributed by atoms with E-state index in [1.54, 1.807) is 0 Å². The molecule has 8 saturated carbocycles. The maximum Gasteiger partial charge on any atom is 0.310 e. The summed E-state index contributed by atoms with van der Waals surface area (Å²) in [4.78, 5) is 26.2. The smallest absolute Gasteiger partial charge is 0.310 e. The highest BCUT2D eigenvalue weighted by molar-refractivity contribution is 5.82. The molecule has 0 saturated heterocycles. The Morgan fingerprint density at radius 2 is 0.800 bits per heavy atom. The zero-order valence-corrected chi connectivity index (χ0v) is 18.7. The van der Waals surface area contributed by atoms with Gasteiger partial charge in [-0.15, -0.1) is 0 Å². The highest BCUT2D eigenvalue weighted by Crippen LogP contribution is 2.58. The predicted molar refractivity (Wildman–Crippen MR) is 112 cm³/mol. The summed E-state index contributed by atoms with van der Waals surface area (Å²) < 4.78 is 12.5. The van der Waals surface area contributed by atoms with Crippen molar-refractivity contribution in [1.29, 1.82) is 0 Å². The SMILES string of the molecule is CC(C(=O)OC12CC3CC(CC(C3)C1)C2)C(C)C(=O)OC12CC3CC(CC(C3)C1)C2. The quantitative estimate of drug-likeness (QED) is 0.574. The first kappa shape index (κ1) is 19.6. The molecule has 0 N–H and O–H groups in total. The standard InChI is InChI=1S/C26H38O4/c1-15(23(27)29-25-9-17-3-18(10-25)5-19(4-17)11-25)16(2)24(28)30-26-12-20-6-21(13-26)8-22(7-20)14-26/h15-22H,3-14H2,1-2H3. The summed E-state index contributed by atoms with van der Waals surface area (Å²) in [5.74, 6) is 3.28. The minimum absolute atomic E-state index is 0.174. The molecule has 0 amide bonds. The van der Waals surface area contributed by atoms with Crippen LogP contribution in [0.25, 0.3) is 0 Å². The van der Waals surface area contributed by atoms with Crippen molar-refractivity contribution in [2.45, 2.75) is 102 Å². The minimum Gasteiger partial charge on any atom is -0.459 e. The van der Waals surface area contributed by atoms with Crippen molar-refractivity contribution in [2.24, 2.45) is 47.3 Å². The first-order valence-electron chi connectivity index (χ1n) is 12.8. The van der Waals surface area contributed by atoms with Gasteiger partial charge in [0.05, 0.1) is 11.8 Å². The normalized spacial score (nSPS) is 49.7. The number of hydrogen-bond donors (Lipinski definition) is 0. The third-order valence-corrected chi connectivity index (χ3v) is 10.1. The van der Waals surface area contributed by atoms with E-state index in [0.29, 0.717) is 0 Å². The van der Waals surface area contributed by atoms with Crippen LogP contribution in [0.4, 0.5) is 0 Å². The van der Waals surface area contributed by atoms with Crippen LogP contribution >= 0.6 is 0 Å². The molecule has 2 atom stereocenters. The molecule has 0 spiro atoms. The van der Waals surface area contributed by atoms with Crippen LogP contribution in [0.3, 0.4) is 0 Å². The van der Waals surface area contributed by atoms with E-state index in [0.717, 1.165) is 74.0 Å². The molecular formula is C26H38O4. The van der Waals surface area contributed by atoms with Crippen molar-refractivity contribution >= 4 is 11.9 Å².